The van der Waals surface area contributed by atoms with E-state index in [9.17, 15) is 9.90 Å². The summed E-state index contributed by atoms with van der Waals surface area (Å²) in [5, 5.41) is 10.6. The molecular formula is C28H25N2O3+. The second kappa shape index (κ2) is 8.79. The average Bonchev–Trinajstić information content (AvgIpc) is 3.44. The highest BCUT2D eigenvalue weighted by molar-refractivity contribution is 5.95. The summed E-state index contributed by atoms with van der Waals surface area (Å²) in [5.41, 5.74) is 2.54. The van der Waals surface area contributed by atoms with E-state index in [-0.39, 0.29) is 24.1 Å². The van der Waals surface area contributed by atoms with Crippen molar-refractivity contribution in [1.82, 2.24) is 4.57 Å². The van der Waals surface area contributed by atoms with Crippen LogP contribution in [0.25, 0.3) is 11.0 Å². The van der Waals surface area contributed by atoms with E-state index in [1.165, 1.54) is 12.1 Å². The number of hydrogen-bond donors (Lipinski definition) is 1. The van der Waals surface area contributed by atoms with Crippen LogP contribution in [-0.4, -0.2) is 15.5 Å². The standard InChI is InChI=1S/C28H24N2O3/c1-2-27-29(19-24(32)20-12-14-23(31)15-13-20)16-17-30(27)28(21-8-4-3-5-9-21)26-18-22-10-6-7-11-25(22)33-26/h3-18,28H,2,19H2,1H3/p+1. The molecule has 1 atom stereocenters. The van der Waals surface area contributed by atoms with Gasteiger partial charge >= 0.3 is 0 Å². The van der Waals surface area contributed by atoms with E-state index in [0.717, 1.165) is 34.5 Å². The fourth-order valence-electron chi connectivity index (χ4n) is 4.37. The van der Waals surface area contributed by atoms with E-state index in [1.807, 2.05) is 53.4 Å². The number of phenols is 1. The van der Waals surface area contributed by atoms with Gasteiger partial charge in [-0.05, 0) is 36.4 Å². The van der Waals surface area contributed by atoms with Crippen LogP contribution in [0.1, 0.15) is 40.5 Å². The largest absolute Gasteiger partial charge is 0.508 e. The lowest BCUT2D eigenvalue weighted by molar-refractivity contribution is -0.690. The van der Waals surface area contributed by atoms with Gasteiger partial charge in [0.2, 0.25) is 5.78 Å². The van der Waals surface area contributed by atoms with Gasteiger partial charge in [-0.15, -0.1) is 0 Å². The molecule has 164 valence electrons. The van der Waals surface area contributed by atoms with Crippen molar-refractivity contribution in [2.75, 3.05) is 0 Å². The van der Waals surface area contributed by atoms with E-state index >= 15 is 0 Å². The van der Waals surface area contributed by atoms with Gasteiger partial charge in [-0.3, -0.25) is 4.79 Å². The number of aromatic hydroxyl groups is 1. The second-order valence-corrected chi connectivity index (χ2v) is 8.07. The van der Waals surface area contributed by atoms with Gasteiger partial charge in [0.25, 0.3) is 5.82 Å². The van der Waals surface area contributed by atoms with Gasteiger partial charge in [-0.25, -0.2) is 9.13 Å². The zero-order valence-electron chi connectivity index (χ0n) is 18.4. The average molecular weight is 438 g/mol. The molecule has 5 heteroatoms. The number of hydrogen-bond acceptors (Lipinski definition) is 3. The molecule has 5 rings (SSSR count). The number of aromatic nitrogens is 2. The van der Waals surface area contributed by atoms with Gasteiger partial charge in [-0.2, -0.15) is 0 Å². The highest BCUT2D eigenvalue weighted by atomic mass is 16.3. The monoisotopic (exact) mass is 437 g/mol. The molecule has 0 aliphatic carbocycles. The molecule has 0 saturated heterocycles. The van der Waals surface area contributed by atoms with Crippen molar-refractivity contribution in [3.8, 4) is 5.75 Å². The minimum atomic E-state index is -0.154. The first-order valence-electron chi connectivity index (χ1n) is 11.1. The molecule has 0 fully saturated rings. The van der Waals surface area contributed by atoms with Gasteiger partial charge in [0.15, 0.2) is 18.3 Å². The highest BCUT2D eigenvalue weighted by Gasteiger charge is 2.30. The molecule has 33 heavy (non-hydrogen) atoms. The molecule has 5 aromatic rings. The number of carbonyl (C=O) groups is 1. The fraction of sp³-hybridized carbons (Fsp3) is 0.143. The number of furan rings is 1. The molecule has 0 radical (unpaired) electrons. The summed E-state index contributed by atoms with van der Waals surface area (Å²) in [4.78, 5) is 12.9. The zero-order chi connectivity index (χ0) is 22.8. The number of ketones is 1. The number of imidazole rings is 1. The van der Waals surface area contributed by atoms with Crippen molar-refractivity contribution in [2.45, 2.75) is 25.9 Å². The van der Waals surface area contributed by atoms with Crippen LogP contribution in [0.2, 0.25) is 0 Å². The Morgan fingerprint density at radius 3 is 2.45 bits per heavy atom. The van der Waals surface area contributed by atoms with E-state index < -0.39 is 0 Å². The minimum Gasteiger partial charge on any atom is -0.508 e. The van der Waals surface area contributed by atoms with Gasteiger partial charge < -0.3 is 9.52 Å². The minimum absolute atomic E-state index is 0.00699. The first-order valence-corrected chi connectivity index (χ1v) is 11.1. The third kappa shape index (κ3) is 4.05. The molecule has 3 aromatic carbocycles. The number of benzene rings is 3. The Hall–Kier alpha value is -4.12. The number of rotatable bonds is 7. The van der Waals surface area contributed by atoms with Gasteiger partial charge in [-0.1, -0.05) is 55.5 Å². The number of Topliss-reactive ketones (excluding diaryl/α,β-unsaturated/α-hetero) is 1. The number of fused-ring (bicyclic) bond motifs is 1. The number of carbonyl (C=O) groups excluding carboxylic acids is 1. The Morgan fingerprint density at radius 2 is 1.73 bits per heavy atom. The van der Waals surface area contributed by atoms with Crippen molar-refractivity contribution in [3.05, 3.63) is 120 Å². The van der Waals surface area contributed by atoms with Crippen LogP contribution in [-0.2, 0) is 13.0 Å². The van der Waals surface area contributed by atoms with Gasteiger partial charge in [0.1, 0.15) is 23.7 Å². The lowest BCUT2D eigenvalue weighted by Gasteiger charge is -2.14. The second-order valence-electron chi connectivity index (χ2n) is 8.07. The third-order valence-corrected chi connectivity index (χ3v) is 5.96. The summed E-state index contributed by atoms with van der Waals surface area (Å²) in [5.74, 6) is 2.02. The quantitative estimate of drug-likeness (QED) is 0.277. The molecule has 2 heterocycles. The topological polar surface area (TPSA) is 59.2 Å². The van der Waals surface area contributed by atoms with E-state index in [1.54, 1.807) is 12.1 Å². The Labute approximate surface area is 192 Å². The van der Waals surface area contributed by atoms with Crippen molar-refractivity contribution in [3.63, 3.8) is 0 Å². The first kappa shape index (κ1) is 20.8. The Kier molecular flexibility index (Phi) is 5.53. The van der Waals surface area contributed by atoms with Crippen LogP contribution in [0.15, 0.2) is 102 Å². The summed E-state index contributed by atoms with van der Waals surface area (Å²) < 4.78 is 10.5. The lowest BCUT2D eigenvalue weighted by atomic mass is 10.0. The molecule has 1 unspecified atom stereocenters. The van der Waals surface area contributed by atoms with Crippen LogP contribution >= 0.6 is 0 Å². The van der Waals surface area contributed by atoms with Crippen molar-refractivity contribution in [2.24, 2.45) is 0 Å². The summed E-state index contributed by atoms with van der Waals surface area (Å²) in [6, 6.07) is 26.6. The zero-order valence-corrected chi connectivity index (χ0v) is 18.4. The van der Waals surface area contributed by atoms with Crippen molar-refractivity contribution in [1.29, 1.82) is 0 Å². The summed E-state index contributed by atoms with van der Waals surface area (Å²) in [6.07, 6.45) is 4.73. The summed E-state index contributed by atoms with van der Waals surface area (Å²) in [7, 11) is 0. The Balaban J connectivity index is 1.56. The number of phenolic OH excluding ortho intramolecular Hbond substituents is 1. The predicted molar refractivity (Wildman–Crippen MR) is 126 cm³/mol. The smallest absolute Gasteiger partial charge is 0.257 e. The summed E-state index contributed by atoms with van der Waals surface area (Å²) >= 11 is 0. The van der Waals surface area contributed by atoms with Crippen molar-refractivity contribution >= 4 is 16.8 Å². The molecule has 0 aliphatic heterocycles. The molecule has 0 amide bonds. The number of nitrogens with zero attached hydrogens (tertiary/aromatic N) is 2. The van der Waals surface area contributed by atoms with Crippen LogP contribution in [0.3, 0.4) is 0 Å². The molecule has 0 spiro atoms. The molecule has 5 nitrogen and oxygen atoms in total. The van der Waals surface area contributed by atoms with Crippen LogP contribution < -0.4 is 4.57 Å². The fourth-order valence-corrected chi connectivity index (χ4v) is 4.37. The maximum Gasteiger partial charge on any atom is 0.257 e. The summed E-state index contributed by atoms with van der Waals surface area (Å²) in [6.45, 7) is 2.32. The first-order chi connectivity index (χ1) is 16.1. The molecule has 1 N–H and O–H groups in total. The Morgan fingerprint density at radius 1 is 1.00 bits per heavy atom. The third-order valence-electron chi connectivity index (χ3n) is 5.96. The van der Waals surface area contributed by atoms with Gasteiger partial charge in [0, 0.05) is 22.9 Å². The van der Waals surface area contributed by atoms with Crippen LogP contribution in [0.5, 0.6) is 5.75 Å². The molecule has 0 aliphatic rings. The number of para-hydroxylation sites is 1. The predicted octanol–water partition coefficient (Wildman–Crippen LogP) is 5.31. The van der Waals surface area contributed by atoms with Gasteiger partial charge in [0.05, 0.1) is 0 Å². The molecular weight excluding hydrogens is 412 g/mol. The van der Waals surface area contributed by atoms with Crippen molar-refractivity contribution < 1.29 is 18.9 Å². The van der Waals surface area contributed by atoms with E-state index in [0.29, 0.717) is 5.56 Å². The Bertz CT molecular complexity index is 1370. The maximum absolute atomic E-state index is 12.9. The van der Waals surface area contributed by atoms with E-state index in [4.69, 9.17) is 4.42 Å². The van der Waals surface area contributed by atoms with Crippen LogP contribution in [0, 0.1) is 0 Å². The highest BCUT2D eigenvalue weighted by Crippen LogP contribution is 2.32. The molecule has 2 aromatic heterocycles. The molecule has 0 saturated carbocycles. The SMILES string of the molecule is CCc1n(C(c2ccccc2)c2cc3ccccc3o2)cc[n+]1CC(=O)c1ccc(O)cc1. The van der Waals surface area contributed by atoms with E-state index in [2.05, 4.69) is 35.8 Å². The maximum atomic E-state index is 12.9. The normalized spacial score (nSPS) is 12.2. The lowest BCUT2D eigenvalue weighted by Crippen LogP contribution is -2.41. The van der Waals surface area contributed by atoms with Crippen LogP contribution in [0.4, 0.5) is 0 Å². The molecule has 0 bridgehead atoms.